The number of nitrogens with two attached hydrogens (primary N) is 1. The van der Waals surface area contributed by atoms with Gasteiger partial charge in [0.15, 0.2) is 5.78 Å². The Morgan fingerprint density at radius 1 is 1.02 bits per heavy atom. The molecule has 0 amide bonds. The minimum absolute atomic E-state index is 0. The zero-order valence-electron chi connectivity index (χ0n) is 27.0. The topological polar surface area (TPSA) is 150 Å². The van der Waals surface area contributed by atoms with Gasteiger partial charge in [-0.1, -0.05) is 18.2 Å². The van der Waals surface area contributed by atoms with Crippen LogP contribution < -0.4 is 67.2 Å². The number of Topliss-reactive ketones (excluding diaryl/α,β-unsaturated/α-hetero) is 2. The van der Waals surface area contributed by atoms with E-state index in [0.29, 0.717) is 55.9 Å². The number of ether oxygens (including phenoxy) is 3. The Bertz CT molecular complexity index is 1390. The summed E-state index contributed by atoms with van der Waals surface area (Å²) in [6.45, 7) is 14.6. The molecule has 2 saturated heterocycles. The summed E-state index contributed by atoms with van der Waals surface area (Å²) in [6.07, 6.45) is 3.98. The summed E-state index contributed by atoms with van der Waals surface area (Å²) in [5.41, 5.74) is 9.31. The third-order valence-electron chi connectivity index (χ3n) is 7.02. The van der Waals surface area contributed by atoms with Crippen molar-refractivity contribution in [2.45, 2.75) is 84.5 Å². The molecule has 12 heteroatoms. The number of allylic oxidation sites excluding steroid dienone is 1. The van der Waals surface area contributed by atoms with Crippen molar-refractivity contribution in [2.75, 3.05) is 24.8 Å². The van der Waals surface area contributed by atoms with E-state index < -0.39 is 11.2 Å². The van der Waals surface area contributed by atoms with Crippen LogP contribution >= 0.6 is 12.4 Å². The maximum atomic E-state index is 11.1. The number of carbonyl (C=O) groups excluding carboxylic acids is 2. The van der Waals surface area contributed by atoms with Gasteiger partial charge in [0.25, 0.3) is 0 Å². The maximum absolute atomic E-state index is 11.1. The van der Waals surface area contributed by atoms with Crippen LogP contribution in [-0.2, 0) is 23.8 Å². The predicted molar refractivity (Wildman–Crippen MR) is 165 cm³/mol. The Morgan fingerprint density at radius 2 is 1.66 bits per heavy atom. The van der Waals surface area contributed by atoms with E-state index in [4.69, 9.17) is 19.9 Å². The van der Waals surface area contributed by atoms with Gasteiger partial charge in [-0.05, 0) is 66.2 Å². The van der Waals surface area contributed by atoms with Crippen LogP contribution in [0.1, 0.15) is 66.4 Å². The number of para-hydroxylation sites is 1. The normalized spacial score (nSPS) is 22.2. The second kappa shape index (κ2) is 16.6. The third-order valence-corrected chi connectivity index (χ3v) is 7.02. The van der Waals surface area contributed by atoms with Gasteiger partial charge in [-0.15, -0.1) is 18.7 Å². The van der Waals surface area contributed by atoms with Crippen molar-refractivity contribution in [3.8, 4) is 6.07 Å². The number of aryl methyl sites for hydroxylation is 1. The number of fused-ring (bicyclic) bond motifs is 1. The summed E-state index contributed by atoms with van der Waals surface area (Å²) in [7, 11) is 0. The molecule has 4 aliphatic rings. The minimum atomic E-state index is -0.429. The van der Waals surface area contributed by atoms with E-state index in [1.54, 1.807) is 5.01 Å². The van der Waals surface area contributed by atoms with E-state index >= 15 is 0 Å². The number of halogens is 1. The number of benzene rings is 1. The molecule has 5 rings (SSSR count). The summed E-state index contributed by atoms with van der Waals surface area (Å²) in [5.74, 6) is 0.590. The van der Waals surface area contributed by atoms with Crippen molar-refractivity contribution in [3.05, 3.63) is 64.7 Å². The molecule has 0 aromatic heterocycles. The SMILES string of the molecule is CC1(C)CC(=O)/C(=C/[O-])CO1.CC1(C)CC(=O)CCO1.Cc1ccccc1N1N=C2COC(C)(C)C=C2C(C#N)=C1N.Cl.[K+]. The fourth-order valence-electron chi connectivity index (χ4n) is 4.68. The van der Waals surface area contributed by atoms with Crippen molar-refractivity contribution in [2.24, 2.45) is 10.8 Å². The van der Waals surface area contributed by atoms with Crippen LogP contribution in [0.4, 0.5) is 5.69 Å². The molecular weight excluding hydrogens is 611 g/mol. The van der Waals surface area contributed by atoms with Crippen LogP contribution in [0, 0.1) is 18.3 Å². The quantitative estimate of drug-likeness (QED) is 0.268. The third kappa shape index (κ3) is 10.9. The molecule has 0 radical (unpaired) electrons. The van der Waals surface area contributed by atoms with Crippen LogP contribution in [0.5, 0.6) is 0 Å². The van der Waals surface area contributed by atoms with Crippen molar-refractivity contribution >= 4 is 35.4 Å². The van der Waals surface area contributed by atoms with E-state index in [0.717, 1.165) is 22.5 Å². The molecule has 1 aromatic carbocycles. The van der Waals surface area contributed by atoms with E-state index in [1.807, 2.05) is 78.8 Å². The Labute approximate surface area is 309 Å². The fraction of sp³-hybridized carbons (Fsp3) is 0.500. The summed E-state index contributed by atoms with van der Waals surface area (Å²) < 4.78 is 16.3. The van der Waals surface area contributed by atoms with E-state index in [2.05, 4.69) is 11.2 Å². The van der Waals surface area contributed by atoms with Crippen molar-refractivity contribution in [3.63, 3.8) is 0 Å². The first-order valence-electron chi connectivity index (χ1n) is 13.9. The molecule has 2 fully saturated rings. The number of hydrogen-bond donors (Lipinski definition) is 1. The van der Waals surface area contributed by atoms with Crippen molar-refractivity contribution in [1.82, 2.24) is 0 Å². The Hall–Kier alpha value is -1.85. The predicted octanol–water partition coefficient (Wildman–Crippen LogP) is 1.17. The second-order valence-corrected chi connectivity index (χ2v) is 12.3. The molecule has 234 valence electrons. The standard InChI is InChI=1S/C17H18N4O.C8H12O3.C7H12O2.ClH.K/c1-11-6-4-5-7-15(11)21-16(19)13(9-18)12-8-17(2,3)22-10-14(12)20-21;1-8(2)3-7(10)6(4-9)5-11-8;1-7(2)5-6(8)3-4-9-7;;/h4-8H,10,19H2,1-3H3;4,9H,3,5H2,1-2H3;3-5H2,1-2H3;1H;/q;;;;+1/p-1/b;6-4+;;;. The summed E-state index contributed by atoms with van der Waals surface area (Å²) in [4.78, 5) is 21.9. The largest absolute Gasteiger partial charge is 1.00 e. The Balaban J connectivity index is 0.000000370. The average molecular weight is 653 g/mol. The van der Waals surface area contributed by atoms with Gasteiger partial charge in [-0.2, -0.15) is 10.4 Å². The Kier molecular flexibility index (Phi) is 15.2. The molecule has 0 atom stereocenters. The van der Waals surface area contributed by atoms with Crippen LogP contribution in [0.2, 0.25) is 0 Å². The minimum Gasteiger partial charge on any atom is -0.878 e. The van der Waals surface area contributed by atoms with E-state index in [-0.39, 0.29) is 87.4 Å². The molecule has 1 aromatic rings. The van der Waals surface area contributed by atoms with Gasteiger partial charge in [0.2, 0.25) is 0 Å². The maximum Gasteiger partial charge on any atom is 1.00 e. The van der Waals surface area contributed by atoms with Crippen molar-refractivity contribution < 1.29 is 80.3 Å². The van der Waals surface area contributed by atoms with Crippen molar-refractivity contribution in [1.29, 1.82) is 5.26 Å². The molecule has 0 bridgehead atoms. The molecular formula is C32H42ClKN4O6. The smallest absolute Gasteiger partial charge is 0.878 e. The van der Waals surface area contributed by atoms with Gasteiger partial charge in [0, 0.05) is 30.4 Å². The van der Waals surface area contributed by atoms with E-state index in [1.165, 1.54) is 0 Å². The van der Waals surface area contributed by atoms with Gasteiger partial charge in [0.05, 0.1) is 48.0 Å². The number of nitrogens with zero attached hydrogens (tertiary/aromatic N) is 3. The van der Waals surface area contributed by atoms with Crippen LogP contribution in [0.3, 0.4) is 0 Å². The molecule has 0 saturated carbocycles. The van der Waals surface area contributed by atoms with Gasteiger partial charge >= 0.3 is 51.4 Å². The summed E-state index contributed by atoms with van der Waals surface area (Å²) in [5, 5.41) is 26.0. The number of nitriles is 1. The number of hydrogen-bond acceptors (Lipinski definition) is 10. The Morgan fingerprint density at radius 3 is 2.18 bits per heavy atom. The second-order valence-electron chi connectivity index (χ2n) is 12.3. The molecule has 0 unspecified atom stereocenters. The van der Waals surface area contributed by atoms with Gasteiger partial charge < -0.3 is 25.1 Å². The molecule has 4 aliphatic heterocycles. The number of rotatable bonds is 1. The van der Waals surface area contributed by atoms with E-state index in [9.17, 15) is 20.0 Å². The number of hydrazone groups is 1. The molecule has 0 spiro atoms. The fourth-order valence-corrected chi connectivity index (χ4v) is 4.68. The molecule has 10 nitrogen and oxygen atoms in total. The molecule has 0 aliphatic carbocycles. The van der Waals surface area contributed by atoms with Gasteiger partial charge in [-0.3, -0.25) is 9.59 Å². The van der Waals surface area contributed by atoms with Crippen LogP contribution in [-0.4, -0.2) is 53.9 Å². The first kappa shape index (κ1) is 40.2. The first-order chi connectivity index (χ1) is 19.6. The number of ketones is 2. The van der Waals surface area contributed by atoms with Crippen LogP contribution in [0.25, 0.3) is 0 Å². The number of anilines is 1. The first-order valence-corrected chi connectivity index (χ1v) is 13.9. The zero-order chi connectivity index (χ0) is 31.3. The number of carbonyl (C=O) groups is 2. The van der Waals surface area contributed by atoms with Gasteiger partial charge in [-0.25, -0.2) is 5.01 Å². The summed E-state index contributed by atoms with van der Waals surface area (Å²) >= 11 is 0. The molecule has 4 heterocycles. The zero-order valence-corrected chi connectivity index (χ0v) is 30.9. The molecule has 44 heavy (non-hydrogen) atoms. The summed E-state index contributed by atoms with van der Waals surface area (Å²) in [6, 6.07) is 10.0. The van der Waals surface area contributed by atoms with Gasteiger partial charge in [0.1, 0.15) is 23.2 Å². The monoisotopic (exact) mass is 652 g/mol. The molecule has 2 N–H and O–H groups in total. The van der Waals surface area contributed by atoms with Crippen LogP contribution in [0.15, 0.2) is 64.2 Å². The average Bonchev–Trinajstić information content (AvgIpc) is 2.88.